The first kappa shape index (κ1) is 20.2. The fourth-order valence-electron chi connectivity index (χ4n) is 3.87. The topological polar surface area (TPSA) is 93.9 Å². The van der Waals surface area contributed by atoms with E-state index in [1.807, 2.05) is 67.6 Å². The molecule has 7 heteroatoms. The van der Waals surface area contributed by atoms with Gasteiger partial charge in [-0.1, -0.05) is 6.07 Å². The van der Waals surface area contributed by atoms with E-state index < -0.39 is 0 Å². The maximum atomic E-state index is 13.1. The first-order valence-corrected chi connectivity index (χ1v) is 10.5. The van der Waals surface area contributed by atoms with E-state index in [1.165, 1.54) is 0 Å². The standard InChI is InChI=1S/C26H20N6O/c1-17-11-25(19(14-27)15-29-17)31-22-5-6-24-18(12-22)16-32(26(24)33)23-4-2-3-21(13-23)30-20-7-9-28-10-8-20/h2-13,15H,16H2,1H3,(H,28,30)(H,29,31). The van der Waals surface area contributed by atoms with Crippen LogP contribution in [0.4, 0.5) is 28.4 Å². The Morgan fingerprint density at radius 1 is 0.970 bits per heavy atom. The Balaban J connectivity index is 1.38. The molecule has 2 N–H and O–H groups in total. The van der Waals surface area contributed by atoms with Crippen molar-refractivity contribution in [1.82, 2.24) is 9.97 Å². The number of amides is 1. The molecule has 0 bridgehead atoms. The number of carbonyl (C=O) groups excluding carboxylic acids is 1. The van der Waals surface area contributed by atoms with E-state index in [-0.39, 0.29) is 5.91 Å². The molecule has 1 amide bonds. The summed E-state index contributed by atoms with van der Waals surface area (Å²) >= 11 is 0. The smallest absolute Gasteiger partial charge is 0.258 e. The van der Waals surface area contributed by atoms with Crippen LogP contribution >= 0.6 is 0 Å². The van der Waals surface area contributed by atoms with Crippen LogP contribution in [0.2, 0.25) is 0 Å². The number of pyridine rings is 2. The van der Waals surface area contributed by atoms with Crippen molar-refractivity contribution in [2.75, 3.05) is 15.5 Å². The molecule has 0 saturated heterocycles. The number of carbonyl (C=O) groups is 1. The number of hydrogen-bond donors (Lipinski definition) is 2. The molecule has 0 saturated carbocycles. The van der Waals surface area contributed by atoms with Gasteiger partial charge < -0.3 is 15.5 Å². The van der Waals surface area contributed by atoms with Crippen molar-refractivity contribution in [3.8, 4) is 6.07 Å². The van der Waals surface area contributed by atoms with Crippen molar-refractivity contribution in [2.45, 2.75) is 13.5 Å². The molecular weight excluding hydrogens is 412 g/mol. The zero-order valence-corrected chi connectivity index (χ0v) is 17.9. The van der Waals surface area contributed by atoms with Crippen LogP contribution in [0.25, 0.3) is 0 Å². The number of hydrogen-bond acceptors (Lipinski definition) is 6. The predicted molar refractivity (Wildman–Crippen MR) is 128 cm³/mol. The maximum Gasteiger partial charge on any atom is 0.258 e. The van der Waals surface area contributed by atoms with E-state index in [9.17, 15) is 10.1 Å². The average Bonchev–Trinajstić information content (AvgIpc) is 3.16. The monoisotopic (exact) mass is 432 g/mol. The van der Waals surface area contributed by atoms with E-state index in [0.717, 1.165) is 34.0 Å². The summed E-state index contributed by atoms with van der Waals surface area (Å²) in [4.78, 5) is 23.1. The Morgan fingerprint density at radius 2 is 1.79 bits per heavy atom. The normalized spacial score (nSPS) is 12.2. The lowest BCUT2D eigenvalue weighted by atomic mass is 10.1. The maximum absolute atomic E-state index is 13.1. The van der Waals surface area contributed by atoms with Crippen molar-refractivity contribution in [3.05, 3.63) is 102 Å². The minimum Gasteiger partial charge on any atom is -0.355 e. The lowest BCUT2D eigenvalue weighted by Crippen LogP contribution is -2.22. The molecule has 0 spiro atoms. The lowest BCUT2D eigenvalue weighted by molar-refractivity contribution is 0.0996. The predicted octanol–water partition coefficient (Wildman–Crippen LogP) is 5.30. The van der Waals surface area contributed by atoms with Crippen molar-refractivity contribution < 1.29 is 4.79 Å². The molecule has 0 fully saturated rings. The molecule has 5 rings (SSSR count). The second kappa shape index (κ2) is 8.44. The highest BCUT2D eigenvalue weighted by Crippen LogP contribution is 2.33. The van der Waals surface area contributed by atoms with Gasteiger partial charge in [0.2, 0.25) is 0 Å². The van der Waals surface area contributed by atoms with Crippen LogP contribution in [0.5, 0.6) is 0 Å². The largest absolute Gasteiger partial charge is 0.355 e. The molecule has 2 aromatic heterocycles. The molecule has 0 radical (unpaired) electrons. The van der Waals surface area contributed by atoms with E-state index in [4.69, 9.17) is 0 Å². The second-order valence-corrected chi connectivity index (χ2v) is 7.78. The highest BCUT2D eigenvalue weighted by Gasteiger charge is 2.28. The van der Waals surface area contributed by atoms with E-state index >= 15 is 0 Å². The summed E-state index contributed by atoms with van der Waals surface area (Å²) in [6, 6.07) is 21.2. The van der Waals surface area contributed by atoms with Gasteiger partial charge in [-0.15, -0.1) is 0 Å². The number of nitriles is 1. The first-order valence-electron chi connectivity index (χ1n) is 10.5. The van der Waals surface area contributed by atoms with Crippen LogP contribution in [-0.2, 0) is 6.54 Å². The molecule has 0 unspecified atom stereocenters. The molecular formula is C26H20N6O. The highest BCUT2D eigenvalue weighted by molar-refractivity contribution is 6.10. The zero-order valence-electron chi connectivity index (χ0n) is 17.9. The van der Waals surface area contributed by atoms with Gasteiger partial charge in [-0.3, -0.25) is 14.8 Å². The van der Waals surface area contributed by atoms with Crippen LogP contribution in [-0.4, -0.2) is 15.9 Å². The molecule has 7 nitrogen and oxygen atoms in total. The van der Waals surface area contributed by atoms with Crippen LogP contribution in [0.15, 0.2) is 79.3 Å². The number of benzene rings is 2. The molecule has 1 aliphatic heterocycles. The van der Waals surface area contributed by atoms with Crippen LogP contribution < -0.4 is 15.5 Å². The average molecular weight is 432 g/mol. The number of nitrogens with zero attached hydrogens (tertiary/aromatic N) is 4. The minimum absolute atomic E-state index is 0.0323. The highest BCUT2D eigenvalue weighted by atomic mass is 16.2. The Kier molecular flexibility index (Phi) is 5.17. The van der Waals surface area contributed by atoms with Gasteiger partial charge in [0.25, 0.3) is 5.91 Å². The lowest BCUT2D eigenvalue weighted by Gasteiger charge is -2.17. The minimum atomic E-state index is -0.0323. The SMILES string of the molecule is Cc1cc(Nc2ccc3c(c2)CN(c2cccc(Nc4ccncc4)c2)C3=O)c(C#N)cn1. The van der Waals surface area contributed by atoms with Gasteiger partial charge in [0, 0.05) is 52.6 Å². The molecule has 0 aliphatic carbocycles. The van der Waals surface area contributed by atoms with Crippen LogP contribution in [0.3, 0.4) is 0 Å². The summed E-state index contributed by atoms with van der Waals surface area (Å²) in [6.45, 7) is 2.35. The molecule has 33 heavy (non-hydrogen) atoms. The number of fused-ring (bicyclic) bond motifs is 1. The molecule has 2 aromatic carbocycles. The number of anilines is 5. The van der Waals surface area contributed by atoms with Crippen molar-refractivity contribution in [2.24, 2.45) is 0 Å². The summed E-state index contributed by atoms with van der Waals surface area (Å²) in [5, 5.41) is 16.0. The fourth-order valence-corrected chi connectivity index (χ4v) is 3.87. The van der Waals surface area contributed by atoms with E-state index in [0.29, 0.717) is 23.4 Å². The molecule has 1 aliphatic rings. The fraction of sp³-hybridized carbons (Fsp3) is 0.0769. The Hall–Kier alpha value is -4.70. The number of aromatic nitrogens is 2. The van der Waals surface area contributed by atoms with Crippen molar-refractivity contribution in [3.63, 3.8) is 0 Å². The van der Waals surface area contributed by atoms with Gasteiger partial charge in [-0.2, -0.15) is 5.26 Å². The number of aryl methyl sites for hydroxylation is 1. The third-order valence-corrected chi connectivity index (χ3v) is 5.48. The summed E-state index contributed by atoms with van der Waals surface area (Å²) in [5.74, 6) is -0.0323. The molecule has 3 heterocycles. The number of nitrogens with one attached hydrogen (secondary N) is 2. The quantitative estimate of drug-likeness (QED) is 0.444. The summed E-state index contributed by atoms with van der Waals surface area (Å²) in [5.41, 5.74) is 7.05. The molecule has 0 atom stereocenters. The van der Waals surface area contributed by atoms with E-state index in [2.05, 4.69) is 26.7 Å². The second-order valence-electron chi connectivity index (χ2n) is 7.78. The third-order valence-electron chi connectivity index (χ3n) is 5.48. The van der Waals surface area contributed by atoms with Gasteiger partial charge in [-0.25, -0.2) is 0 Å². The van der Waals surface area contributed by atoms with Gasteiger partial charge in [-0.05, 0) is 67.1 Å². The molecule has 160 valence electrons. The Morgan fingerprint density at radius 3 is 2.61 bits per heavy atom. The van der Waals surface area contributed by atoms with Crippen LogP contribution in [0.1, 0.15) is 27.2 Å². The first-order chi connectivity index (χ1) is 16.1. The van der Waals surface area contributed by atoms with Crippen molar-refractivity contribution >= 4 is 34.3 Å². The Labute approximate surface area is 191 Å². The third kappa shape index (κ3) is 4.10. The summed E-state index contributed by atoms with van der Waals surface area (Å²) < 4.78 is 0. The van der Waals surface area contributed by atoms with Gasteiger partial charge in [0.05, 0.1) is 17.8 Å². The van der Waals surface area contributed by atoms with Crippen molar-refractivity contribution in [1.29, 1.82) is 5.26 Å². The molecule has 4 aromatic rings. The Bertz CT molecular complexity index is 1390. The van der Waals surface area contributed by atoms with Gasteiger partial charge in [0.1, 0.15) is 6.07 Å². The summed E-state index contributed by atoms with van der Waals surface area (Å²) in [6.07, 6.45) is 5.01. The van der Waals surface area contributed by atoms with Gasteiger partial charge >= 0.3 is 0 Å². The zero-order chi connectivity index (χ0) is 22.8. The number of rotatable bonds is 5. The van der Waals surface area contributed by atoms with E-state index in [1.54, 1.807) is 23.5 Å². The van der Waals surface area contributed by atoms with Gasteiger partial charge in [0.15, 0.2) is 0 Å². The van der Waals surface area contributed by atoms with Crippen LogP contribution in [0, 0.1) is 18.3 Å². The summed E-state index contributed by atoms with van der Waals surface area (Å²) in [7, 11) is 0.